The fourth-order valence-electron chi connectivity index (χ4n) is 3.85. The number of benzene rings is 1. The van der Waals surface area contributed by atoms with E-state index >= 15 is 0 Å². The Hall–Kier alpha value is -1.63. The first-order chi connectivity index (χ1) is 11.6. The summed E-state index contributed by atoms with van der Waals surface area (Å²) in [7, 11) is -3.52. The number of hydrogen-bond acceptors (Lipinski definition) is 4. The number of nitrogens with zero attached hydrogens (tertiary/aromatic N) is 2. The van der Waals surface area contributed by atoms with Gasteiger partial charge in [0, 0.05) is 43.6 Å². The molecule has 0 spiro atoms. The van der Waals surface area contributed by atoms with Crippen molar-refractivity contribution in [1.82, 2.24) is 14.2 Å². The van der Waals surface area contributed by atoms with Crippen molar-refractivity contribution in [3.8, 4) is 0 Å². The molecule has 1 aromatic carbocycles. The highest BCUT2D eigenvalue weighted by atomic mass is 32.2. The highest BCUT2D eigenvalue weighted by Crippen LogP contribution is 2.23. The Morgan fingerprint density at radius 2 is 1.79 bits per heavy atom. The van der Waals surface area contributed by atoms with Gasteiger partial charge in [-0.05, 0) is 43.5 Å². The molecule has 0 unspecified atom stereocenters. The predicted molar refractivity (Wildman–Crippen MR) is 93.3 cm³/mol. The zero-order valence-corrected chi connectivity index (χ0v) is 14.5. The van der Waals surface area contributed by atoms with Crippen LogP contribution in [0.5, 0.6) is 0 Å². The summed E-state index contributed by atoms with van der Waals surface area (Å²) in [4.78, 5) is 2.71. The molecular formula is C18H23N3O2S. The van der Waals surface area contributed by atoms with E-state index in [0.717, 1.165) is 25.2 Å². The van der Waals surface area contributed by atoms with Crippen molar-refractivity contribution in [3.05, 3.63) is 54.4 Å². The monoisotopic (exact) mass is 345 g/mol. The van der Waals surface area contributed by atoms with E-state index in [1.54, 1.807) is 30.5 Å². The molecular weight excluding hydrogens is 322 g/mol. The maximum absolute atomic E-state index is 12.9. The summed E-state index contributed by atoms with van der Waals surface area (Å²) in [6.07, 6.45) is 5.30. The van der Waals surface area contributed by atoms with Crippen LogP contribution in [-0.4, -0.2) is 42.5 Å². The second-order valence-corrected chi connectivity index (χ2v) is 8.59. The molecule has 6 heteroatoms. The molecule has 2 aromatic rings. The minimum Gasteiger partial charge on any atom is -0.310 e. The van der Waals surface area contributed by atoms with Gasteiger partial charge in [0.15, 0.2) is 0 Å². The summed E-state index contributed by atoms with van der Waals surface area (Å²) in [5.74, 6) is 0. The second kappa shape index (κ2) is 6.35. The molecule has 128 valence electrons. The predicted octanol–water partition coefficient (Wildman–Crippen LogP) is 2.05. The van der Waals surface area contributed by atoms with E-state index in [-0.39, 0.29) is 0 Å². The van der Waals surface area contributed by atoms with Gasteiger partial charge in [-0.2, -0.15) is 0 Å². The SMILES string of the molecule is O=S(=O)(c1ccccc1)n1cccc1CN1CC[C@H]2CC[C@@H](C1)N2. The fourth-order valence-corrected chi connectivity index (χ4v) is 5.24. The highest BCUT2D eigenvalue weighted by Gasteiger charge is 2.30. The number of nitrogens with one attached hydrogen (secondary N) is 1. The van der Waals surface area contributed by atoms with Crippen LogP contribution in [0, 0.1) is 0 Å². The van der Waals surface area contributed by atoms with Crippen molar-refractivity contribution in [1.29, 1.82) is 0 Å². The third-order valence-corrected chi connectivity index (χ3v) is 6.83. The molecule has 2 fully saturated rings. The first kappa shape index (κ1) is 15.9. The van der Waals surface area contributed by atoms with Gasteiger partial charge < -0.3 is 5.32 Å². The molecule has 24 heavy (non-hydrogen) atoms. The van der Waals surface area contributed by atoms with Gasteiger partial charge in [-0.1, -0.05) is 18.2 Å². The summed E-state index contributed by atoms with van der Waals surface area (Å²) in [5.41, 5.74) is 0.830. The third-order valence-electron chi connectivity index (χ3n) is 5.09. The maximum Gasteiger partial charge on any atom is 0.267 e. The van der Waals surface area contributed by atoms with Crippen LogP contribution in [0.2, 0.25) is 0 Å². The van der Waals surface area contributed by atoms with E-state index < -0.39 is 10.0 Å². The van der Waals surface area contributed by atoms with Gasteiger partial charge >= 0.3 is 0 Å². The van der Waals surface area contributed by atoms with Gasteiger partial charge in [-0.25, -0.2) is 12.4 Å². The topological polar surface area (TPSA) is 54.3 Å². The molecule has 2 aliphatic rings. The molecule has 0 amide bonds. The second-order valence-electron chi connectivity index (χ2n) is 6.78. The lowest BCUT2D eigenvalue weighted by atomic mass is 10.1. The molecule has 2 saturated heterocycles. The van der Waals surface area contributed by atoms with Gasteiger partial charge in [0.05, 0.1) is 4.90 Å². The Morgan fingerprint density at radius 3 is 2.62 bits per heavy atom. The van der Waals surface area contributed by atoms with E-state index in [2.05, 4.69) is 10.2 Å². The Balaban J connectivity index is 1.57. The Morgan fingerprint density at radius 1 is 1.00 bits per heavy atom. The smallest absolute Gasteiger partial charge is 0.267 e. The Labute approximate surface area is 143 Å². The van der Waals surface area contributed by atoms with Crippen LogP contribution in [0.4, 0.5) is 0 Å². The van der Waals surface area contributed by atoms with Crippen molar-refractivity contribution in [2.45, 2.75) is 42.8 Å². The van der Waals surface area contributed by atoms with Crippen LogP contribution in [0.1, 0.15) is 25.0 Å². The standard InChI is InChI=1S/C18H23N3O2S/c22-24(23,18-6-2-1-3-7-18)21-11-4-5-17(21)14-20-12-10-15-8-9-16(13-20)19-15/h1-7,11,15-16,19H,8-10,12-14H2/t15-,16+/m1/s1. The van der Waals surface area contributed by atoms with Gasteiger partial charge in [-0.3, -0.25) is 4.90 Å². The average Bonchev–Trinajstić information content (AvgIpc) is 3.17. The van der Waals surface area contributed by atoms with Crippen molar-refractivity contribution in [2.24, 2.45) is 0 Å². The van der Waals surface area contributed by atoms with Gasteiger partial charge in [0.25, 0.3) is 10.0 Å². The zero-order valence-electron chi connectivity index (χ0n) is 13.6. The Bertz CT molecular complexity index is 801. The van der Waals surface area contributed by atoms with Crippen LogP contribution in [0.25, 0.3) is 0 Å². The van der Waals surface area contributed by atoms with Crippen molar-refractivity contribution in [2.75, 3.05) is 13.1 Å². The van der Waals surface area contributed by atoms with Crippen LogP contribution in [0.3, 0.4) is 0 Å². The average molecular weight is 345 g/mol. The Kier molecular flexibility index (Phi) is 4.20. The van der Waals surface area contributed by atoms with Crippen molar-refractivity contribution in [3.63, 3.8) is 0 Å². The van der Waals surface area contributed by atoms with Crippen LogP contribution in [-0.2, 0) is 16.6 Å². The molecule has 3 heterocycles. The lowest BCUT2D eigenvalue weighted by molar-refractivity contribution is 0.247. The van der Waals surface area contributed by atoms with Crippen molar-refractivity contribution >= 4 is 10.0 Å². The minimum atomic E-state index is -3.52. The number of hydrogen-bond donors (Lipinski definition) is 1. The first-order valence-corrected chi connectivity index (χ1v) is 10.0. The van der Waals surface area contributed by atoms with E-state index in [1.165, 1.54) is 16.8 Å². The molecule has 1 N–H and O–H groups in total. The molecule has 0 radical (unpaired) electrons. The summed E-state index contributed by atoms with van der Waals surface area (Å²) >= 11 is 0. The van der Waals surface area contributed by atoms with Crippen LogP contribution in [0.15, 0.2) is 53.6 Å². The molecule has 2 aliphatic heterocycles. The largest absolute Gasteiger partial charge is 0.310 e. The zero-order chi connectivity index (χ0) is 16.6. The number of fused-ring (bicyclic) bond motifs is 2. The summed E-state index contributed by atoms with van der Waals surface area (Å²) in [6.45, 7) is 2.68. The summed E-state index contributed by atoms with van der Waals surface area (Å²) < 4.78 is 27.2. The minimum absolute atomic E-state index is 0.332. The van der Waals surface area contributed by atoms with Gasteiger partial charge in [-0.15, -0.1) is 0 Å². The number of likely N-dealkylation sites (tertiary alicyclic amines) is 1. The summed E-state index contributed by atoms with van der Waals surface area (Å²) in [6, 6.07) is 13.6. The van der Waals surface area contributed by atoms with E-state index in [9.17, 15) is 8.42 Å². The lowest BCUT2D eigenvalue weighted by Gasteiger charge is -2.24. The fraction of sp³-hybridized carbons (Fsp3) is 0.444. The lowest BCUT2D eigenvalue weighted by Crippen LogP contribution is -2.35. The van der Waals surface area contributed by atoms with Gasteiger partial charge in [0.1, 0.15) is 0 Å². The van der Waals surface area contributed by atoms with E-state index in [1.807, 2.05) is 18.2 Å². The van der Waals surface area contributed by atoms with Gasteiger partial charge in [0.2, 0.25) is 0 Å². The molecule has 0 saturated carbocycles. The molecule has 1 aromatic heterocycles. The highest BCUT2D eigenvalue weighted by molar-refractivity contribution is 7.90. The number of aromatic nitrogens is 1. The third kappa shape index (κ3) is 3.01. The van der Waals surface area contributed by atoms with E-state index in [0.29, 0.717) is 23.5 Å². The van der Waals surface area contributed by atoms with Crippen LogP contribution < -0.4 is 5.32 Å². The van der Waals surface area contributed by atoms with Crippen LogP contribution >= 0.6 is 0 Å². The molecule has 2 atom stereocenters. The normalized spacial score (nSPS) is 24.8. The summed E-state index contributed by atoms with van der Waals surface area (Å²) in [5, 5.41) is 3.67. The number of rotatable bonds is 4. The molecule has 2 bridgehead atoms. The maximum atomic E-state index is 12.9. The van der Waals surface area contributed by atoms with E-state index in [4.69, 9.17) is 0 Å². The van der Waals surface area contributed by atoms with Crippen molar-refractivity contribution < 1.29 is 8.42 Å². The molecule has 0 aliphatic carbocycles. The molecule has 4 rings (SSSR count). The molecule has 5 nitrogen and oxygen atoms in total. The first-order valence-electron chi connectivity index (χ1n) is 8.58. The quantitative estimate of drug-likeness (QED) is 0.921.